The van der Waals surface area contributed by atoms with Crippen molar-refractivity contribution in [3.05, 3.63) is 23.8 Å². The Kier molecular flexibility index (Phi) is 3.09. The van der Waals surface area contributed by atoms with E-state index in [4.69, 9.17) is 16.2 Å². The van der Waals surface area contributed by atoms with Crippen LogP contribution in [0.2, 0.25) is 0 Å². The largest absolute Gasteiger partial charge is 0.490 e. The number of nitrogens with two attached hydrogens (primary N) is 2. The molecule has 102 valence electrons. The van der Waals surface area contributed by atoms with Crippen LogP contribution in [-0.4, -0.2) is 12.0 Å². The minimum absolute atomic E-state index is 0.0136. The summed E-state index contributed by atoms with van der Waals surface area (Å²) in [5.74, 6) is 1.22. The molecular weight excluding hydrogens is 240 g/mol. The Labute approximate surface area is 113 Å². The first-order valence-electron chi connectivity index (χ1n) is 6.98. The number of aryl methyl sites for hydroxylation is 1. The third-order valence-corrected chi connectivity index (χ3v) is 4.19. The van der Waals surface area contributed by atoms with Gasteiger partial charge in [0.2, 0.25) is 5.91 Å². The maximum atomic E-state index is 11.5. The number of fused-ring (bicyclic) bond motifs is 1. The predicted molar refractivity (Wildman–Crippen MR) is 73.6 cm³/mol. The predicted octanol–water partition coefficient (Wildman–Crippen LogP) is 1.86. The van der Waals surface area contributed by atoms with Crippen molar-refractivity contribution in [2.24, 2.45) is 17.6 Å². The van der Waals surface area contributed by atoms with E-state index in [-0.39, 0.29) is 17.9 Å². The van der Waals surface area contributed by atoms with E-state index >= 15 is 0 Å². The number of hydrogen-bond acceptors (Lipinski definition) is 3. The molecule has 1 heterocycles. The fourth-order valence-corrected chi connectivity index (χ4v) is 2.95. The summed E-state index contributed by atoms with van der Waals surface area (Å²) in [6.07, 6.45) is 5.02. The molecule has 1 aliphatic heterocycles. The van der Waals surface area contributed by atoms with Gasteiger partial charge in [0, 0.05) is 11.6 Å². The van der Waals surface area contributed by atoms with Gasteiger partial charge in [0.25, 0.3) is 0 Å². The van der Waals surface area contributed by atoms with Gasteiger partial charge >= 0.3 is 0 Å². The van der Waals surface area contributed by atoms with Crippen LogP contribution in [0.5, 0.6) is 5.75 Å². The van der Waals surface area contributed by atoms with Crippen molar-refractivity contribution in [3.8, 4) is 5.75 Å². The topological polar surface area (TPSA) is 78.3 Å². The van der Waals surface area contributed by atoms with Gasteiger partial charge < -0.3 is 16.2 Å². The molecule has 1 fully saturated rings. The van der Waals surface area contributed by atoms with Crippen molar-refractivity contribution in [1.29, 1.82) is 0 Å². The summed E-state index contributed by atoms with van der Waals surface area (Å²) in [7, 11) is 0. The minimum Gasteiger partial charge on any atom is -0.490 e. The summed E-state index contributed by atoms with van der Waals surface area (Å²) in [5.41, 5.74) is 13.2. The first-order valence-corrected chi connectivity index (χ1v) is 6.98. The average molecular weight is 260 g/mol. The summed E-state index contributed by atoms with van der Waals surface area (Å²) < 4.78 is 5.98. The van der Waals surface area contributed by atoms with E-state index in [2.05, 4.69) is 0 Å². The molecule has 0 aromatic heterocycles. The maximum Gasteiger partial charge on any atom is 0.220 e. The number of ether oxygens (including phenoxy) is 1. The number of carbonyl (C=O) groups excluding carboxylic acids is 1. The van der Waals surface area contributed by atoms with Crippen molar-refractivity contribution in [1.82, 2.24) is 0 Å². The van der Waals surface area contributed by atoms with Crippen LogP contribution in [0, 0.1) is 11.8 Å². The van der Waals surface area contributed by atoms with Gasteiger partial charge in [0.05, 0.1) is 6.10 Å². The third kappa shape index (κ3) is 2.67. The van der Waals surface area contributed by atoms with E-state index in [1.54, 1.807) is 0 Å². The SMILES string of the molecule is NC(=O)C(C[C@H]1CCc2cc(N)ccc2O1)C1CC1. The van der Waals surface area contributed by atoms with E-state index in [1.165, 1.54) is 5.56 Å². The lowest BCUT2D eigenvalue weighted by Gasteiger charge is -2.28. The molecule has 4 N–H and O–H groups in total. The van der Waals surface area contributed by atoms with Crippen LogP contribution in [0.3, 0.4) is 0 Å². The normalized spacial score (nSPS) is 23.3. The summed E-state index contributed by atoms with van der Waals surface area (Å²) in [6.45, 7) is 0. The van der Waals surface area contributed by atoms with Crippen molar-refractivity contribution >= 4 is 11.6 Å². The quantitative estimate of drug-likeness (QED) is 0.811. The zero-order valence-electron chi connectivity index (χ0n) is 11.0. The zero-order chi connectivity index (χ0) is 13.4. The standard InChI is InChI=1S/C15H20N2O2/c16-11-4-6-14-10(7-11)3-5-12(19-14)8-13(15(17)18)9-1-2-9/h4,6-7,9,12-13H,1-3,5,8,16H2,(H2,17,18)/t12-,13?/m1/s1. The second-order valence-corrected chi connectivity index (χ2v) is 5.73. The molecule has 1 aromatic rings. The zero-order valence-corrected chi connectivity index (χ0v) is 11.0. The fourth-order valence-electron chi connectivity index (χ4n) is 2.95. The highest BCUT2D eigenvalue weighted by molar-refractivity contribution is 5.77. The van der Waals surface area contributed by atoms with Crippen molar-refractivity contribution in [2.45, 2.75) is 38.2 Å². The van der Waals surface area contributed by atoms with E-state index in [9.17, 15) is 4.79 Å². The molecule has 0 spiro atoms. The van der Waals surface area contributed by atoms with Gasteiger partial charge in [-0.1, -0.05) is 0 Å². The maximum absolute atomic E-state index is 11.5. The van der Waals surface area contributed by atoms with Crippen molar-refractivity contribution < 1.29 is 9.53 Å². The molecule has 3 rings (SSSR count). The monoisotopic (exact) mass is 260 g/mol. The second kappa shape index (κ2) is 4.76. The van der Waals surface area contributed by atoms with Crippen LogP contribution < -0.4 is 16.2 Å². The summed E-state index contributed by atoms with van der Waals surface area (Å²) >= 11 is 0. The molecule has 4 heteroatoms. The minimum atomic E-state index is -0.172. The number of primary amides is 1. The highest BCUT2D eigenvalue weighted by atomic mass is 16.5. The highest BCUT2D eigenvalue weighted by Crippen LogP contribution is 2.40. The Morgan fingerprint density at radius 1 is 1.37 bits per heavy atom. The van der Waals surface area contributed by atoms with Gasteiger partial charge in [-0.05, 0) is 61.8 Å². The number of hydrogen-bond donors (Lipinski definition) is 2. The second-order valence-electron chi connectivity index (χ2n) is 5.73. The summed E-state index contributed by atoms with van der Waals surface area (Å²) in [5, 5.41) is 0. The lowest BCUT2D eigenvalue weighted by molar-refractivity contribution is -0.123. The van der Waals surface area contributed by atoms with Gasteiger partial charge in [-0.15, -0.1) is 0 Å². The molecule has 0 radical (unpaired) electrons. The number of benzene rings is 1. The molecule has 1 aliphatic carbocycles. The van der Waals surface area contributed by atoms with Crippen LogP contribution in [0.25, 0.3) is 0 Å². The first-order chi connectivity index (χ1) is 9.13. The van der Waals surface area contributed by atoms with Crippen LogP contribution in [0.4, 0.5) is 5.69 Å². The molecule has 1 aromatic carbocycles. The molecule has 0 bridgehead atoms. The number of carbonyl (C=O) groups is 1. The van der Waals surface area contributed by atoms with Crippen molar-refractivity contribution in [2.75, 3.05) is 5.73 Å². The molecule has 0 saturated heterocycles. The van der Waals surface area contributed by atoms with E-state index in [0.29, 0.717) is 5.92 Å². The molecule has 1 unspecified atom stereocenters. The Hall–Kier alpha value is -1.71. The summed E-state index contributed by atoms with van der Waals surface area (Å²) in [4.78, 5) is 11.5. The summed E-state index contributed by atoms with van der Waals surface area (Å²) in [6, 6.07) is 5.75. The van der Waals surface area contributed by atoms with Gasteiger partial charge in [-0.25, -0.2) is 0 Å². The van der Waals surface area contributed by atoms with Crippen LogP contribution in [-0.2, 0) is 11.2 Å². The van der Waals surface area contributed by atoms with Gasteiger partial charge in [-0.3, -0.25) is 4.79 Å². The van der Waals surface area contributed by atoms with Crippen LogP contribution in [0.1, 0.15) is 31.2 Å². The van der Waals surface area contributed by atoms with Gasteiger partial charge in [0.1, 0.15) is 5.75 Å². The Morgan fingerprint density at radius 3 is 2.84 bits per heavy atom. The molecular formula is C15H20N2O2. The van der Waals surface area contributed by atoms with E-state index in [0.717, 1.165) is 43.5 Å². The fraction of sp³-hybridized carbons (Fsp3) is 0.533. The van der Waals surface area contributed by atoms with Crippen molar-refractivity contribution in [3.63, 3.8) is 0 Å². The van der Waals surface area contributed by atoms with Crippen LogP contribution in [0.15, 0.2) is 18.2 Å². The van der Waals surface area contributed by atoms with Gasteiger partial charge in [-0.2, -0.15) is 0 Å². The van der Waals surface area contributed by atoms with E-state index < -0.39 is 0 Å². The molecule has 19 heavy (non-hydrogen) atoms. The smallest absolute Gasteiger partial charge is 0.220 e. The molecule has 1 amide bonds. The Morgan fingerprint density at radius 2 is 2.16 bits per heavy atom. The van der Waals surface area contributed by atoms with Crippen LogP contribution >= 0.6 is 0 Å². The lowest BCUT2D eigenvalue weighted by Crippen LogP contribution is -2.32. The van der Waals surface area contributed by atoms with E-state index in [1.807, 2.05) is 18.2 Å². The number of amides is 1. The number of rotatable bonds is 4. The van der Waals surface area contributed by atoms with Gasteiger partial charge in [0.15, 0.2) is 0 Å². The molecule has 2 aliphatic rings. The average Bonchev–Trinajstić information content (AvgIpc) is 3.20. The first kappa shape index (κ1) is 12.3. The highest BCUT2D eigenvalue weighted by Gasteiger charge is 2.37. The number of anilines is 1. The Balaban J connectivity index is 1.68. The number of nitrogen functional groups attached to an aromatic ring is 1. The lowest BCUT2D eigenvalue weighted by atomic mass is 9.91. The molecule has 2 atom stereocenters. The molecule has 4 nitrogen and oxygen atoms in total. The third-order valence-electron chi connectivity index (χ3n) is 4.19. The Bertz CT molecular complexity index is 497. The molecule has 1 saturated carbocycles.